The fourth-order valence-corrected chi connectivity index (χ4v) is 1.33. The molecule has 0 unspecified atom stereocenters. The molecule has 0 saturated heterocycles. The Morgan fingerprint density at radius 3 is 2.60 bits per heavy atom. The SMILES string of the molecule is N#Cc1c(C(=O)Cl)cnc(C(F)F)c1Cl. The molecule has 78 valence electrons. The number of pyridine rings is 1. The van der Waals surface area contributed by atoms with Crippen molar-refractivity contribution < 1.29 is 13.6 Å². The van der Waals surface area contributed by atoms with Crippen LogP contribution in [0.3, 0.4) is 0 Å². The standard InChI is InChI=1S/C8H2Cl2F2N2O/c9-5-3(1-13)4(7(10)15)2-14-6(5)8(11)12/h2,8H. The average Bonchev–Trinajstić information content (AvgIpc) is 2.16. The third kappa shape index (κ3) is 2.22. The first-order valence-electron chi connectivity index (χ1n) is 3.55. The summed E-state index contributed by atoms with van der Waals surface area (Å²) < 4.78 is 24.6. The Balaban J connectivity index is 3.48. The number of hydrogen-bond acceptors (Lipinski definition) is 3. The predicted molar refractivity (Wildman–Crippen MR) is 49.1 cm³/mol. The third-order valence-electron chi connectivity index (χ3n) is 1.58. The molecule has 1 aromatic rings. The van der Waals surface area contributed by atoms with Crippen molar-refractivity contribution in [1.29, 1.82) is 5.26 Å². The zero-order chi connectivity index (χ0) is 11.6. The maximum absolute atomic E-state index is 12.3. The molecule has 0 atom stereocenters. The lowest BCUT2D eigenvalue weighted by Gasteiger charge is -2.05. The first kappa shape index (κ1) is 11.8. The topological polar surface area (TPSA) is 53.8 Å². The van der Waals surface area contributed by atoms with E-state index >= 15 is 0 Å². The Bertz CT molecular complexity index is 457. The van der Waals surface area contributed by atoms with Gasteiger partial charge in [-0.2, -0.15) is 5.26 Å². The summed E-state index contributed by atoms with van der Waals surface area (Å²) in [5.74, 6) is 0. The van der Waals surface area contributed by atoms with Gasteiger partial charge in [0.15, 0.2) is 0 Å². The second-order valence-corrected chi connectivity index (χ2v) is 3.15. The number of hydrogen-bond donors (Lipinski definition) is 0. The molecule has 0 saturated carbocycles. The summed E-state index contributed by atoms with van der Waals surface area (Å²) in [5.41, 5.74) is -1.41. The molecular formula is C8H2Cl2F2N2O. The summed E-state index contributed by atoms with van der Waals surface area (Å²) in [5, 5.41) is 7.12. The minimum atomic E-state index is -2.91. The van der Waals surface area contributed by atoms with Crippen molar-refractivity contribution in [3.8, 4) is 6.07 Å². The lowest BCUT2D eigenvalue weighted by atomic mass is 10.1. The van der Waals surface area contributed by atoms with Crippen molar-refractivity contribution in [3.63, 3.8) is 0 Å². The fraction of sp³-hybridized carbons (Fsp3) is 0.125. The molecule has 1 rings (SSSR count). The Morgan fingerprint density at radius 1 is 1.60 bits per heavy atom. The predicted octanol–water partition coefficient (Wildman–Crippen LogP) is 2.92. The van der Waals surface area contributed by atoms with Crippen LogP contribution in [0.25, 0.3) is 0 Å². The largest absolute Gasteiger partial charge is 0.281 e. The second-order valence-electron chi connectivity index (χ2n) is 2.43. The number of aromatic nitrogens is 1. The summed E-state index contributed by atoms with van der Waals surface area (Å²) in [7, 11) is 0. The Labute approximate surface area is 93.2 Å². The van der Waals surface area contributed by atoms with Gasteiger partial charge in [-0.25, -0.2) is 8.78 Å². The van der Waals surface area contributed by atoms with Crippen molar-refractivity contribution in [2.24, 2.45) is 0 Å². The highest BCUT2D eigenvalue weighted by molar-refractivity contribution is 6.68. The van der Waals surface area contributed by atoms with Gasteiger partial charge in [0.05, 0.1) is 16.1 Å². The zero-order valence-corrected chi connectivity index (χ0v) is 8.48. The van der Waals surface area contributed by atoms with Gasteiger partial charge in [0.2, 0.25) is 0 Å². The van der Waals surface area contributed by atoms with Crippen LogP contribution in [0.1, 0.15) is 28.0 Å². The van der Waals surface area contributed by atoms with E-state index in [0.29, 0.717) is 0 Å². The quantitative estimate of drug-likeness (QED) is 0.759. The third-order valence-corrected chi connectivity index (χ3v) is 2.16. The van der Waals surface area contributed by atoms with Crippen LogP contribution in [0.15, 0.2) is 6.20 Å². The Kier molecular flexibility index (Phi) is 3.56. The molecule has 0 radical (unpaired) electrons. The van der Waals surface area contributed by atoms with Crippen LogP contribution in [-0.2, 0) is 0 Å². The van der Waals surface area contributed by atoms with Crippen molar-refractivity contribution >= 4 is 28.4 Å². The number of carbonyl (C=O) groups excluding carboxylic acids is 1. The van der Waals surface area contributed by atoms with Gasteiger partial charge >= 0.3 is 0 Å². The highest BCUT2D eigenvalue weighted by Crippen LogP contribution is 2.29. The summed E-state index contributed by atoms with van der Waals surface area (Å²) in [4.78, 5) is 14.1. The maximum atomic E-state index is 12.3. The Morgan fingerprint density at radius 2 is 2.20 bits per heavy atom. The molecule has 3 nitrogen and oxygen atoms in total. The molecule has 0 aliphatic rings. The molecule has 0 bridgehead atoms. The summed E-state index contributed by atoms with van der Waals surface area (Å²) in [6.07, 6.45) is -2.11. The first-order chi connectivity index (χ1) is 6.99. The number of nitriles is 1. The maximum Gasteiger partial charge on any atom is 0.281 e. The van der Waals surface area contributed by atoms with Gasteiger partial charge in [-0.15, -0.1) is 0 Å². The van der Waals surface area contributed by atoms with E-state index in [4.69, 9.17) is 28.5 Å². The molecule has 7 heteroatoms. The van der Waals surface area contributed by atoms with E-state index in [9.17, 15) is 13.6 Å². The van der Waals surface area contributed by atoms with E-state index in [2.05, 4.69) is 4.98 Å². The van der Waals surface area contributed by atoms with E-state index in [1.165, 1.54) is 6.07 Å². The summed E-state index contributed by atoms with van der Waals surface area (Å²) in [6, 6.07) is 1.53. The molecule has 1 aromatic heterocycles. The van der Waals surface area contributed by atoms with E-state index in [-0.39, 0.29) is 11.1 Å². The van der Waals surface area contributed by atoms with Gasteiger partial charge in [-0.1, -0.05) is 11.6 Å². The van der Waals surface area contributed by atoms with Gasteiger partial charge < -0.3 is 0 Å². The van der Waals surface area contributed by atoms with Crippen LogP contribution in [0.4, 0.5) is 8.78 Å². The molecular weight excluding hydrogens is 249 g/mol. The summed E-state index contributed by atoms with van der Waals surface area (Å²) in [6.45, 7) is 0. The van der Waals surface area contributed by atoms with E-state index in [0.717, 1.165) is 6.20 Å². The normalized spacial score (nSPS) is 10.1. The van der Waals surface area contributed by atoms with Gasteiger partial charge in [0, 0.05) is 6.20 Å². The highest BCUT2D eigenvalue weighted by atomic mass is 35.5. The zero-order valence-electron chi connectivity index (χ0n) is 6.97. The average molecular weight is 251 g/mol. The number of alkyl halides is 2. The van der Waals surface area contributed by atoms with Crippen LogP contribution >= 0.6 is 23.2 Å². The Hall–Kier alpha value is -1.25. The minimum absolute atomic E-state index is 0.284. The molecule has 0 N–H and O–H groups in total. The molecule has 1 heterocycles. The summed E-state index contributed by atoms with van der Waals surface area (Å²) >= 11 is 10.6. The van der Waals surface area contributed by atoms with Gasteiger partial charge in [0.1, 0.15) is 11.8 Å². The fourth-order valence-electron chi connectivity index (χ4n) is 0.912. The van der Waals surface area contributed by atoms with Crippen molar-refractivity contribution in [1.82, 2.24) is 4.98 Å². The van der Waals surface area contributed by atoms with Crippen molar-refractivity contribution in [2.75, 3.05) is 0 Å². The monoisotopic (exact) mass is 250 g/mol. The van der Waals surface area contributed by atoms with E-state index in [1.54, 1.807) is 0 Å². The number of rotatable bonds is 2. The lowest BCUT2D eigenvalue weighted by molar-refractivity contribution is 0.107. The van der Waals surface area contributed by atoms with Gasteiger partial charge in [-0.05, 0) is 11.6 Å². The molecule has 0 aliphatic carbocycles. The molecule has 0 amide bonds. The first-order valence-corrected chi connectivity index (χ1v) is 4.31. The molecule has 0 aliphatic heterocycles. The number of halogens is 4. The van der Waals surface area contributed by atoms with Gasteiger partial charge in [0.25, 0.3) is 11.7 Å². The van der Waals surface area contributed by atoms with Crippen LogP contribution < -0.4 is 0 Å². The van der Waals surface area contributed by atoms with E-state index < -0.39 is 22.4 Å². The second kappa shape index (κ2) is 4.51. The molecule has 0 fully saturated rings. The lowest BCUT2D eigenvalue weighted by Crippen LogP contribution is -2.01. The smallest absolute Gasteiger partial charge is 0.275 e. The molecule has 0 aromatic carbocycles. The minimum Gasteiger partial charge on any atom is -0.275 e. The van der Waals surface area contributed by atoms with Gasteiger partial charge in [-0.3, -0.25) is 9.78 Å². The van der Waals surface area contributed by atoms with Crippen LogP contribution in [0.5, 0.6) is 0 Å². The van der Waals surface area contributed by atoms with Crippen LogP contribution in [0, 0.1) is 11.3 Å². The van der Waals surface area contributed by atoms with Crippen molar-refractivity contribution in [3.05, 3.63) is 28.0 Å². The van der Waals surface area contributed by atoms with E-state index in [1.807, 2.05) is 0 Å². The number of carbonyl (C=O) groups is 1. The van der Waals surface area contributed by atoms with Crippen LogP contribution in [0.2, 0.25) is 5.02 Å². The molecule has 15 heavy (non-hydrogen) atoms. The highest BCUT2D eigenvalue weighted by Gasteiger charge is 2.21. The van der Waals surface area contributed by atoms with Crippen LogP contribution in [-0.4, -0.2) is 10.2 Å². The number of nitrogens with zero attached hydrogens (tertiary/aromatic N) is 2. The molecule has 0 spiro atoms. The van der Waals surface area contributed by atoms with Crippen molar-refractivity contribution in [2.45, 2.75) is 6.43 Å².